The van der Waals surface area contributed by atoms with Gasteiger partial charge in [-0.2, -0.15) is 0 Å². The van der Waals surface area contributed by atoms with Gasteiger partial charge < -0.3 is 35.9 Å². The number of pyridine rings is 1. The van der Waals surface area contributed by atoms with Crippen LogP contribution in [0.15, 0.2) is 84.0 Å². The van der Waals surface area contributed by atoms with Gasteiger partial charge in [-0.15, -0.1) is 0 Å². The molecular weight excluding hydrogens is 810 g/mol. The molecule has 3 aromatic carbocycles. The molecule has 5 heterocycles. The van der Waals surface area contributed by atoms with Crippen LogP contribution in [0.3, 0.4) is 0 Å². The third-order valence-corrected chi connectivity index (χ3v) is 14.7. The van der Waals surface area contributed by atoms with Crippen LogP contribution in [0.25, 0.3) is 11.0 Å². The van der Waals surface area contributed by atoms with Gasteiger partial charge in [-0.05, 0) is 104 Å². The lowest BCUT2D eigenvalue weighted by Crippen LogP contribution is -2.55. The van der Waals surface area contributed by atoms with Crippen molar-refractivity contribution in [3.05, 3.63) is 102 Å². The second kappa shape index (κ2) is 16.8. The zero-order valence-corrected chi connectivity index (χ0v) is 35.9. The van der Waals surface area contributed by atoms with E-state index < -0.39 is 21.7 Å². The summed E-state index contributed by atoms with van der Waals surface area (Å²) < 4.78 is 51.9. The summed E-state index contributed by atoms with van der Waals surface area (Å²) in [6, 6.07) is 19.9. The molecule has 3 saturated heterocycles. The van der Waals surface area contributed by atoms with E-state index in [2.05, 4.69) is 68.3 Å². The number of piperidine rings is 1. The van der Waals surface area contributed by atoms with Crippen LogP contribution >= 0.6 is 0 Å². The summed E-state index contributed by atoms with van der Waals surface area (Å²) in [4.78, 5) is 39.3. The smallest absolute Gasteiger partial charge is 0.317 e. The van der Waals surface area contributed by atoms with Crippen molar-refractivity contribution in [3.8, 4) is 11.5 Å². The first-order valence-corrected chi connectivity index (χ1v) is 23.1. The highest BCUT2D eigenvalue weighted by Crippen LogP contribution is 2.54. The molecule has 4 aliphatic rings. The maximum absolute atomic E-state index is 16.3. The Morgan fingerprint density at radius 3 is 2.61 bits per heavy atom. The summed E-state index contributed by atoms with van der Waals surface area (Å²) in [5.74, 6) is -0.968. The molecule has 6 N–H and O–H groups in total. The van der Waals surface area contributed by atoms with E-state index in [-0.39, 0.29) is 39.0 Å². The summed E-state index contributed by atoms with van der Waals surface area (Å²) in [7, 11) is -4.46. The third kappa shape index (κ3) is 8.25. The number of ether oxygens (including phenoxy) is 1. The Morgan fingerprint density at radius 1 is 1.05 bits per heavy atom. The first kappa shape index (κ1) is 41.5. The summed E-state index contributed by atoms with van der Waals surface area (Å²) in [5, 5.41) is 6.63. The van der Waals surface area contributed by atoms with Gasteiger partial charge in [0.25, 0.3) is 15.9 Å². The highest BCUT2D eigenvalue weighted by molar-refractivity contribution is 7.90. The van der Waals surface area contributed by atoms with Crippen LogP contribution in [-0.4, -0.2) is 92.0 Å². The molecule has 3 amide bonds. The molecule has 326 valence electrons. The van der Waals surface area contributed by atoms with Crippen LogP contribution in [-0.2, 0) is 10.0 Å². The molecule has 0 radical (unpaired) electrons. The number of carbonyl (C=O) groups excluding carboxylic acids is 2. The first-order chi connectivity index (χ1) is 29.9. The zero-order chi connectivity index (χ0) is 43.2. The number of aromatic nitrogens is 2. The molecule has 5 aromatic rings. The second-order valence-corrected chi connectivity index (χ2v) is 19.2. The minimum absolute atomic E-state index is 0.0118. The summed E-state index contributed by atoms with van der Waals surface area (Å²) >= 11 is 0. The number of carbonyl (C=O) groups is 2. The number of fused-ring (bicyclic) bond motifs is 1. The van der Waals surface area contributed by atoms with Gasteiger partial charge in [0, 0.05) is 69.0 Å². The number of benzene rings is 3. The van der Waals surface area contributed by atoms with Gasteiger partial charge in [0.2, 0.25) is 0 Å². The normalized spacial score (nSPS) is 19.3. The molecule has 0 bridgehead atoms. The lowest BCUT2D eigenvalue weighted by molar-refractivity contribution is -0.0228. The van der Waals surface area contributed by atoms with Gasteiger partial charge in [-0.1, -0.05) is 38.1 Å². The number of nitrogens with two attached hydrogens (primary N) is 1. The van der Waals surface area contributed by atoms with E-state index in [0.717, 1.165) is 43.7 Å². The quantitative estimate of drug-likeness (QED) is 0.0753. The summed E-state index contributed by atoms with van der Waals surface area (Å²) in [5.41, 5.74) is 10.6. The van der Waals surface area contributed by atoms with E-state index in [9.17, 15) is 18.0 Å². The predicted octanol–water partition coefficient (Wildman–Crippen LogP) is 7.34. The molecule has 62 heavy (non-hydrogen) atoms. The molecule has 2 aromatic heterocycles. The fraction of sp³-hybridized carbons (Fsp3) is 0.413. The monoisotopic (exact) mass is 863 g/mol. The molecule has 1 unspecified atom stereocenters. The van der Waals surface area contributed by atoms with Crippen LogP contribution in [0, 0.1) is 11.2 Å². The van der Waals surface area contributed by atoms with Gasteiger partial charge >= 0.3 is 6.03 Å². The standard InChI is InChI=1S/C46H54FN9O5S/c1-29(2)34-6-3-4-7-35(34)40-8-5-17-56(40)31-26-46(27-31)12-18-54(19-13-46)41-25-42(61-32-22-30-11-14-50-43(30)52-28-32)36(24-37(41)47)44(57)53-62(59,60)33-9-10-39(38(48)23-33)49-15-20-55-21-16-51-45(55)58/h3-4,6-7,9-11,14,22-25,28-29,31,40,49H,5,8,12-13,15-21,26-27,48H2,1-2H3,(H,50,52)(H,51,58)(H,53,57). The largest absolute Gasteiger partial charge is 0.455 e. The van der Waals surface area contributed by atoms with Crippen LogP contribution < -0.4 is 30.7 Å². The number of sulfonamides is 1. The Bertz CT molecular complexity index is 2600. The number of nitrogens with zero attached hydrogens (tertiary/aromatic N) is 4. The number of nitrogen functional groups attached to an aromatic ring is 1. The Kier molecular flexibility index (Phi) is 11.2. The van der Waals surface area contributed by atoms with Crippen molar-refractivity contribution in [1.29, 1.82) is 0 Å². The highest BCUT2D eigenvalue weighted by atomic mass is 32.2. The molecule has 16 heteroatoms. The lowest BCUT2D eigenvalue weighted by Gasteiger charge is -2.56. The summed E-state index contributed by atoms with van der Waals surface area (Å²) in [6.07, 6.45) is 9.71. The number of anilines is 3. The molecule has 1 spiro atoms. The number of likely N-dealkylation sites (tertiary alicyclic amines) is 1. The maximum atomic E-state index is 16.3. The summed E-state index contributed by atoms with van der Waals surface area (Å²) in [6.45, 7) is 8.94. The second-order valence-electron chi connectivity index (χ2n) is 17.5. The van der Waals surface area contributed by atoms with Crippen molar-refractivity contribution in [2.45, 2.75) is 75.3 Å². The molecule has 3 aliphatic heterocycles. The van der Waals surface area contributed by atoms with Crippen molar-refractivity contribution in [3.63, 3.8) is 0 Å². The number of rotatable bonds is 13. The van der Waals surface area contributed by atoms with E-state index in [1.165, 1.54) is 54.4 Å². The molecular formula is C46H54FN9O5S. The van der Waals surface area contributed by atoms with Gasteiger partial charge in [0.05, 0.1) is 33.7 Å². The van der Waals surface area contributed by atoms with Crippen LogP contribution in [0.4, 0.5) is 26.2 Å². The number of hydrogen-bond acceptors (Lipinski definition) is 10. The Labute approximate surface area is 361 Å². The van der Waals surface area contributed by atoms with Crippen molar-refractivity contribution in [2.75, 3.05) is 61.8 Å². The number of amides is 3. The van der Waals surface area contributed by atoms with Crippen LogP contribution in [0.5, 0.6) is 11.5 Å². The van der Waals surface area contributed by atoms with Crippen molar-refractivity contribution in [2.24, 2.45) is 5.41 Å². The Hall–Kier alpha value is -5.87. The number of urea groups is 1. The number of hydrogen-bond donors (Lipinski definition) is 5. The molecule has 1 saturated carbocycles. The van der Waals surface area contributed by atoms with Crippen molar-refractivity contribution >= 4 is 50.1 Å². The number of halogens is 1. The highest BCUT2D eigenvalue weighted by Gasteiger charge is 2.50. The number of H-pyrrole nitrogens is 1. The third-order valence-electron chi connectivity index (χ3n) is 13.3. The molecule has 4 fully saturated rings. The van der Waals surface area contributed by atoms with E-state index >= 15 is 4.39 Å². The minimum Gasteiger partial charge on any atom is -0.455 e. The first-order valence-electron chi connectivity index (χ1n) is 21.6. The molecule has 14 nitrogen and oxygen atoms in total. The zero-order valence-electron chi connectivity index (χ0n) is 35.1. The van der Waals surface area contributed by atoms with E-state index in [0.29, 0.717) is 74.4 Å². The Morgan fingerprint density at radius 2 is 1.85 bits per heavy atom. The SMILES string of the molecule is CC(C)c1ccccc1C1CCCN1C1CC2(CCN(c3cc(Oc4cnc5[nH]ccc5c4)c(C(=O)NS(=O)(=O)c4ccc(NCCN5CCNC5=O)c(N)c4)cc3F)CC2)C1. The predicted molar refractivity (Wildman–Crippen MR) is 238 cm³/mol. The number of nitrogens with one attached hydrogen (secondary N) is 4. The van der Waals surface area contributed by atoms with Crippen molar-refractivity contribution in [1.82, 2.24) is 29.8 Å². The maximum Gasteiger partial charge on any atom is 0.317 e. The molecule has 1 aliphatic carbocycles. The van der Waals surface area contributed by atoms with Gasteiger partial charge in [0.1, 0.15) is 23.0 Å². The molecule has 1 atom stereocenters. The Balaban J connectivity index is 0.899. The molecule has 9 rings (SSSR count). The van der Waals surface area contributed by atoms with E-state index in [1.54, 1.807) is 17.2 Å². The van der Waals surface area contributed by atoms with E-state index in [4.69, 9.17) is 10.5 Å². The van der Waals surface area contributed by atoms with Gasteiger partial charge in [0.15, 0.2) is 0 Å². The van der Waals surface area contributed by atoms with Crippen molar-refractivity contribution < 1.29 is 27.1 Å². The van der Waals surface area contributed by atoms with Crippen LogP contribution in [0.1, 0.15) is 85.8 Å². The number of aromatic amines is 1. The fourth-order valence-corrected chi connectivity index (χ4v) is 11.0. The van der Waals surface area contributed by atoms with E-state index in [1.807, 2.05) is 11.0 Å². The topological polar surface area (TPSA) is 178 Å². The van der Waals surface area contributed by atoms with Gasteiger partial charge in [-0.3, -0.25) is 9.69 Å². The average Bonchev–Trinajstić information content (AvgIpc) is 4.02. The average molecular weight is 864 g/mol. The fourth-order valence-electron chi connectivity index (χ4n) is 10.0. The van der Waals surface area contributed by atoms with Gasteiger partial charge in [-0.25, -0.2) is 27.3 Å². The minimum atomic E-state index is -4.46. The lowest BCUT2D eigenvalue weighted by atomic mass is 9.59. The van der Waals surface area contributed by atoms with Crippen LogP contribution in [0.2, 0.25) is 0 Å².